The summed E-state index contributed by atoms with van der Waals surface area (Å²) in [5.74, 6) is -2.88. The summed E-state index contributed by atoms with van der Waals surface area (Å²) in [5, 5.41) is 0.533. The van der Waals surface area contributed by atoms with Crippen molar-refractivity contribution in [3.05, 3.63) is 65.9 Å². The van der Waals surface area contributed by atoms with Crippen LogP contribution >= 0.6 is 11.8 Å². The largest absolute Gasteiger partial charge is 0.490 e. The lowest BCUT2D eigenvalue weighted by molar-refractivity contribution is -0.199. The van der Waals surface area contributed by atoms with Gasteiger partial charge in [-0.25, -0.2) is 14.5 Å². The third kappa shape index (κ3) is 6.18. The number of imide groups is 1. The standard InChI is InChI=1S/C24H17F6N3O4S/c25-23(26,27)21(35)37-11-9-14-2-1-3-18-20(14)15(8-10-31-18)12-32-13-19(34)33(22(32)36)16-4-6-17(7-5-16)38-24(28,29)30/h1-8,10H,9,11-13H2. The first-order chi connectivity index (χ1) is 17.8. The van der Waals surface area contributed by atoms with E-state index in [1.807, 2.05) is 0 Å². The van der Waals surface area contributed by atoms with Crippen LogP contribution in [-0.2, 0) is 27.3 Å². The number of hydrogen-bond acceptors (Lipinski definition) is 6. The lowest BCUT2D eigenvalue weighted by Crippen LogP contribution is -2.32. The van der Waals surface area contributed by atoms with Crippen molar-refractivity contribution >= 4 is 46.3 Å². The normalized spacial score (nSPS) is 14.5. The van der Waals surface area contributed by atoms with Crippen LogP contribution in [0, 0.1) is 0 Å². The summed E-state index contributed by atoms with van der Waals surface area (Å²) in [4.78, 5) is 43.0. The van der Waals surface area contributed by atoms with E-state index in [1.54, 1.807) is 24.3 Å². The molecule has 0 N–H and O–H groups in total. The van der Waals surface area contributed by atoms with Crippen LogP contribution in [0.15, 0.2) is 59.6 Å². The van der Waals surface area contributed by atoms with Gasteiger partial charge in [0.1, 0.15) is 6.54 Å². The monoisotopic (exact) mass is 557 g/mol. The molecule has 3 amide bonds. The highest BCUT2D eigenvalue weighted by atomic mass is 32.2. The van der Waals surface area contributed by atoms with Gasteiger partial charge in [-0.05, 0) is 59.3 Å². The Hall–Kier alpha value is -3.81. The van der Waals surface area contributed by atoms with Gasteiger partial charge in [0.25, 0.3) is 5.91 Å². The van der Waals surface area contributed by atoms with Crippen molar-refractivity contribution in [2.75, 3.05) is 18.1 Å². The number of carbonyl (C=O) groups excluding carboxylic acids is 3. The van der Waals surface area contributed by atoms with Gasteiger partial charge in [-0.3, -0.25) is 9.78 Å². The molecule has 1 aliphatic rings. The molecule has 0 saturated carbocycles. The van der Waals surface area contributed by atoms with E-state index in [-0.39, 0.29) is 41.9 Å². The van der Waals surface area contributed by atoms with Crippen molar-refractivity contribution < 1.29 is 45.5 Å². The Morgan fingerprint density at radius 3 is 2.34 bits per heavy atom. The number of rotatable bonds is 7. The molecule has 0 atom stereocenters. The molecule has 0 radical (unpaired) electrons. The molecule has 38 heavy (non-hydrogen) atoms. The minimum absolute atomic E-state index is 0.0541. The Kier molecular flexibility index (Phi) is 7.54. The van der Waals surface area contributed by atoms with Gasteiger partial charge in [-0.15, -0.1) is 0 Å². The highest BCUT2D eigenvalue weighted by molar-refractivity contribution is 8.00. The molecule has 0 unspecified atom stereocenters. The lowest BCUT2D eigenvalue weighted by atomic mass is 10.0. The van der Waals surface area contributed by atoms with Crippen LogP contribution in [0.5, 0.6) is 0 Å². The summed E-state index contributed by atoms with van der Waals surface area (Å²) < 4.78 is 79.3. The second-order valence-electron chi connectivity index (χ2n) is 8.07. The van der Waals surface area contributed by atoms with E-state index >= 15 is 0 Å². The minimum atomic E-state index is -5.11. The summed E-state index contributed by atoms with van der Waals surface area (Å²) in [5.41, 5.74) is -2.82. The molecule has 1 fully saturated rings. The van der Waals surface area contributed by atoms with Crippen LogP contribution in [0.2, 0.25) is 0 Å². The van der Waals surface area contributed by atoms with Crippen molar-refractivity contribution in [1.82, 2.24) is 9.88 Å². The minimum Gasteiger partial charge on any atom is -0.459 e. The predicted octanol–water partition coefficient (Wildman–Crippen LogP) is 5.46. The highest BCUT2D eigenvalue weighted by Gasteiger charge is 2.41. The van der Waals surface area contributed by atoms with E-state index < -0.39 is 36.2 Å². The van der Waals surface area contributed by atoms with Gasteiger partial charge in [0.05, 0.1) is 17.8 Å². The fourth-order valence-electron chi connectivity index (χ4n) is 3.96. The first-order valence-corrected chi connectivity index (χ1v) is 11.7. The number of esters is 1. The Bertz CT molecular complexity index is 1370. The van der Waals surface area contributed by atoms with Gasteiger partial charge in [0, 0.05) is 29.4 Å². The first kappa shape index (κ1) is 27.2. The molecule has 0 spiro atoms. The molecule has 7 nitrogen and oxygen atoms in total. The lowest BCUT2D eigenvalue weighted by Gasteiger charge is -2.19. The Balaban J connectivity index is 1.52. The van der Waals surface area contributed by atoms with Crippen molar-refractivity contribution in [2.24, 2.45) is 0 Å². The van der Waals surface area contributed by atoms with Crippen LogP contribution in [0.25, 0.3) is 10.9 Å². The molecule has 4 rings (SSSR count). The second kappa shape index (κ2) is 10.5. The molecule has 2 aromatic carbocycles. The van der Waals surface area contributed by atoms with E-state index in [4.69, 9.17) is 0 Å². The molecule has 3 aromatic rings. The zero-order valence-electron chi connectivity index (χ0n) is 19.2. The van der Waals surface area contributed by atoms with E-state index in [2.05, 4.69) is 9.72 Å². The van der Waals surface area contributed by atoms with Gasteiger partial charge in [-0.2, -0.15) is 26.3 Å². The SMILES string of the molecule is O=C1CN(Cc2ccnc3cccc(CCOC(=O)C(F)(F)F)c23)C(=O)N1c1ccc(SC(F)(F)F)cc1. The van der Waals surface area contributed by atoms with E-state index in [1.165, 1.54) is 23.2 Å². The number of hydrogen-bond donors (Lipinski definition) is 0. The molecule has 2 heterocycles. The molecule has 0 aliphatic carbocycles. The van der Waals surface area contributed by atoms with Crippen LogP contribution in [0.3, 0.4) is 0 Å². The van der Waals surface area contributed by atoms with E-state index in [0.29, 0.717) is 22.0 Å². The number of alkyl halides is 6. The van der Waals surface area contributed by atoms with Crippen LogP contribution in [0.4, 0.5) is 36.8 Å². The average Bonchev–Trinajstić information content (AvgIpc) is 3.10. The van der Waals surface area contributed by atoms with Crippen molar-refractivity contribution in [3.8, 4) is 0 Å². The third-order valence-corrected chi connectivity index (χ3v) is 6.24. The quantitative estimate of drug-likeness (QED) is 0.166. The zero-order chi connectivity index (χ0) is 27.7. The topological polar surface area (TPSA) is 79.8 Å². The fourth-order valence-corrected chi connectivity index (χ4v) is 4.50. The van der Waals surface area contributed by atoms with Gasteiger partial charge >= 0.3 is 23.7 Å². The number of aromatic nitrogens is 1. The summed E-state index contributed by atoms with van der Waals surface area (Å²) in [6.07, 6.45) is -3.70. The first-order valence-electron chi connectivity index (χ1n) is 10.9. The van der Waals surface area contributed by atoms with Crippen molar-refractivity contribution in [3.63, 3.8) is 0 Å². The number of anilines is 1. The molecular weight excluding hydrogens is 540 g/mol. The highest BCUT2D eigenvalue weighted by Crippen LogP contribution is 2.37. The number of ether oxygens (including phenoxy) is 1. The number of halogens is 6. The van der Waals surface area contributed by atoms with Crippen molar-refractivity contribution in [1.29, 1.82) is 0 Å². The van der Waals surface area contributed by atoms with Gasteiger partial charge in [0.15, 0.2) is 0 Å². The molecule has 1 aromatic heterocycles. The number of benzene rings is 2. The number of nitrogens with zero attached hydrogens (tertiary/aromatic N) is 3. The molecular formula is C24H17F6N3O4S. The Morgan fingerprint density at radius 2 is 1.68 bits per heavy atom. The third-order valence-electron chi connectivity index (χ3n) is 5.50. The maximum Gasteiger partial charge on any atom is 0.490 e. The number of carbonyl (C=O) groups is 3. The maximum absolute atomic E-state index is 13.1. The summed E-state index contributed by atoms with van der Waals surface area (Å²) in [6.45, 7) is -0.891. The summed E-state index contributed by atoms with van der Waals surface area (Å²) in [6, 6.07) is 10.6. The molecule has 200 valence electrons. The Morgan fingerprint density at radius 1 is 0.974 bits per heavy atom. The van der Waals surface area contributed by atoms with Crippen LogP contribution in [0.1, 0.15) is 11.1 Å². The smallest absolute Gasteiger partial charge is 0.459 e. The van der Waals surface area contributed by atoms with Crippen molar-refractivity contribution in [2.45, 2.75) is 29.5 Å². The van der Waals surface area contributed by atoms with Crippen LogP contribution in [-0.4, -0.2) is 52.6 Å². The van der Waals surface area contributed by atoms with Gasteiger partial charge in [-0.1, -0.05) is 12.1 Å². The van der Waals surface area contributed by atoms with Gasteiger partial charge < -0.3 is 9.64 Å². The molecule has 1 aliphatic heterocycles. The number of pyridine rings is 1. The number of urea groups is 1. The van der Waals surface area contributed by atoms with E-state index in [9.17, 15) is 40.7 Å². The molecule has 14 heteroatoms. The van der Waals surface area contributed by atoms with E-state index in [0.717, 1.165) is 17.0 Å². The Labute approximate surface area is 215 Å². The fraction of sp³-hybridized carbons (Fsp3) is 0.250. The average molecular weight is 557 g/mol. The second-order valence-corrected chi connectivity index (χ2v) is 9.21. The maximum atomic E-state index is 13.1. The zero-order valence-corrected chi connectivity index (χ0v) is 20.0. The number of fused-ring (bicyclic) bond motifs is 1. The predicted molar refractivity (Wildman–Crippen MR) is 124 cm³/mol. The van der Waals surface area contributed by atoms with Gasteiger partial charge in [0.2, 0.25) is 0 Å². The molecule has 1 saturated heterocycles. The number of thioether (sulfide) groups is 1. The van der Waals surface area contributed by atoms with Crippen LogP contribution < -0.4 is 4.90 Å². The summed E-state index contributed by atoms with van der Waals surface area (Å²) in [7, 11) is 0. The molecule has 0 bridgehead atoms. The summed E-state index contributed by atoms with van der Waals surface area (Å²) >= 11 is -0.321. The number of amides is 3.